The number of hydrogen-bond acceptors (Lipinski definition) is 3. The molecule has 1 fully saturated rings. The molecule has 0 bridgehead atoms. The number of hydrogen-bond donors (Lipinski definition) is 1. The van der Waals surface area contributed by atoms with E-state index in [1.807, 2.05) is 25.1 Å². The van der Waals surface area contributed by atoms with Crippen LogP contribution < -0.4 is 4.74 Å². The first-order valence-corrected chi connectivity index (χ1v) is 7.30. The van der Waals surface area contributed by atoms with Crippen molar-refractivity contribution >= 4 is 0 Å². The first kappa shape index (κ1) is 14.4. The second kappa shape index (κ2) is 6.92. The Hall–Kier alpha value is -1.06. The van der Waals surface area contributed by atoms with Crippen molar-refractivity contribution in [3.8, 4) is 5.75 Å². The third-order valence-corrected chi connectivity index (χ3v) is 3.76. The summed E-state index contributed by atoms with van der Waals surface area (Å²) < 4.78 is 5.82. The number of likely N-dealkylation sites (tertiary alicyclic amines) is 1. The van der Waals surface area contributed by atoms with E-state index in [0.29, 0.717) is 0 Å². The lowest BCUT2D eigenvalue weighted by Gasteiger charge is -2.15. The average Bonchev–Trinajstić information content (AvgIpc) is 2.89. The molecule has 19 heavy (non-hydrogen) atoms. The fraction of sp³-hybridized carbons (Fsp3) is 0.625. The summed E-state index contributed by atoms with van der Waals surface area (Å²) in [6.45, 7) is 8.23. The minimum Gasteiger partial charge on any atom is -0.493 e. The maximum atomic E-state index is 9.53. The summed E-state index contributed by atoms with van der Waals surface area (Å²) in [7, 11) is 0. The summed E-state index contributed by atoms with van der Waals surface area (Å²) in [6.07, 6.45) is 3.36. The highest BCUT2D eigenvalue weighted by molar-refractivity contribution is 5.36. The van der Waals surface area contributed by atoms with E-state index in [2.05, 4.69) is 4.90 Å². The summed E-state index contributed by atoms with van der Waals surface area (Å²) in [4.78, 5) is 2.51. The van der Waals surface area contributed by atoms with E-state index in [1.165, 1.54) is 25.9 Å². The zero-order valence-electron chi connectivity index (χ0n) is 12.1. The van der Waals surface area contributed by atoms with Crippen molar-refractivity contribution in [2.45, 2.75) is 39.2 Å². The maximum Gasteiger partial charge on any atom is 0.122 e. The molecule has 106 valence electrons. The van der Waals surface area contributed by atoms with E-state index < -0.39 is 6.10 Å². The van der Waals surface area contributed by atoms with Crippen LogP contribution in [0.5, 0.6) is 5.75 Å². The molecule has 2 rings (SSSR count). The number of aryl methyl sites for hydroxylation is 1. The van der Waals surface area contributed by atoms with Crippen LogP contribution in [0.2, 0.25) is 0 Å². The Bertz CT molecular complexity index is 398. The second-order valence-electron chi connectivity index (χ2n) is 5.45. The van der Waals surface area contributed by atoms with Gasteiger partial charge in [-0.2, -0.15) is 0 Å². The molecule has 1 N–H and O–H groups in total. The van der Waals surface area contributed by atoms with Crippen molar-refractivity contribution in [1.82, 2.24) is 4.90 Å². The van der Waals surface area contributed by atoms with Gasteiger partial charge in [0.15, 0.2) is 0 Å². The van der Waals surface area contributed by atoms with E-state index in [0.717, 1.165) is 36.4 Å². The molecule has 0 amide bonds. The van der Waals surface area contributed by atoms with Gasteiger partial charge in [-0.15, -0.1) is 0 Å². The van der Waals surface area contributed by atoms with Crippen LogP contribution in [0.1, 0.15) is 43.4 Å². The second-order valence-corrected chi connectivity index (χ2v) is 5.45. The molecule has 1 aliphatic heterocycles. The lowest BCUT2D eigenvalue weighted by atomic mass is 10.1. The molecular weight excluding hydrogens is 238 g/mol. The van der Waals surface area contributed by atoms with Gasteiger partial charge >= 0.3 is 0 Å². The highest BCUT2D eigenvalue weighted by Crippen LogP contribution is 2.22. The fourth-order valence-electron chi connectivity index (χ4n) is 2.57. The van der Waals surface area contributed by atoms with Gasteiger partial charge in [-0.25, -0.2) is 0 Å². The molecule has 0 saturated carbocycles. The van der Waals surface area contributed by atoms with Crippen LogP contribution in [0.25, 0.3) is 0 Å². The SMILES string of the molecule is Cc1cc([C@H](C)O)ccc1OCCCN1CCCC1. The Morgan fingerprint density at radius 3 is 2.68 bits per heavy atom. The lowest BCUT2D eigenvalue weighted by Crippen LogP contribution is -2.21. The average molecular weight is 263 g/mol. The third-order valence-electron chi connectivity index (χ3n) is 3.76. The van der Waals surface area contributed by atoms with Gasteiger partial charge in [0, 0.05) is 6.54 Å². The molecule has 1 aliphatic rings. The number of ether oxygens (including phenoxy) is 1. The highest BCUT2D eigenvalue weighted by Gasteiger charge is 2.10. The zero-order valence-corrected chi connectivity index (χ0v) is 12.1. The van der Waals surface area contributed by atoms with Crippen molar-refractivity contribution in [2.24, 2.45) is 0 Å². The first-order chi connectivity index (χ1) is 9.16. The van der Waals surface area contributed by atoms with Crippen LogP contribution in [0, 0.1) is 6.92 Å². The van der Waals surface area contributed by atoms with Gasteiger partial charge in [0.1, 0.15) is 5.75 Å². The highest BCUT2D eigenvalue weighted by atomic mass is 16.5. The summed E-state index contributed by atoms with van der Waals surface area (Å²) >= 11 is 0. The van der Waals surface area contributed by atoms with Gasteiger partial charge in [-0.1, -0.05) is 6.07 Å². The molecule has 1 aromatic carbocycles. The van der Waals surface area contributed by atoms with Crippen molar-refractivity contribution in [1.29, 1.82) is 0 Å². The smallest absolute Gasteiger partial charge is 0.122 e. The quantitative estimate of drug-likeness (QED) is 0.801. The molecule has 3 nitrogen and oxygen atoms in total. The van der Waals surface area contributed by atoms with E-state index in [4.69, 9.17) is 4.74 Å². The lowest BCUT2D eigenvalue weighted by molar-refractivity contribution is 0.199. The normalized spacial score (nSPS) is 17.6. The Morgan fingerprint density at radius 2 is 2.05 bits per heavy atom. The molecule has 3 heteroatoms. The van der Waals surface area contributed by atoms with Crippen LogP contribution in [0.15, 0.2) is 18.2 Å². The molecule has 1 heterocycles. The summed E-state index contributed by atoms with van der Waals surface area (Å²) in [5, 5.41) is 9.53. The van der Waals surface area contributed by atoms with Crippen molar-refractivity contribution in [3.05, 3.63) is 29.3 Å². The molecule has 0 spiro atoms. The van der Waals surface area contributed by atoms with Gasteiger partial charge in [0.05, 0.1) is 12.7 Å². The Morgan fingerprint density at radius 1 is 1.32 bits per heavy atom. The van der Waals surface area contributed by atoms with Gasteiger partial charge in [-0.05, 0) is 69.5 Å². The van der Waals surface area contributed by atoms with Gasteiger partial charge in [-0.3, -0.25) is 0 Å². The molecule has 0 aromatic heterocycles. The Labute approximate surface area is 116 Å². The Balaban J connectivity index is 1.76. The van der Waals surface area contributed by atoms with Crippen molar-refractivity contribution in [2.75, 3.05) is 26.2 Å². The van der Waals surface area contributed by atoms with Crippen LogP contribution in [0.3, 0.4) is 0 Å². The molecule has 0 radical (unpaired) electrons. The summed E-state index contributed by atoms with van der Waals surface area (Å²) in [6, 6.07) is 5.90. The number of rotatable bonds is 6. The third kappa shape index (κ3) is 4.22. The zero-order chi connectivity index (χ0) is 13.7. The van der Waals surface area contributed by atoms with Crippen molar-refractivity contribution in [3.63, 3.8) is 0 Å². The maximum absolute atomic E-state index is 9.53. The monoisotopic (exact) mass is 263 g/mol. The minimum atomic E-state index is -0.414. The van der Waals surface area contributed by atoms with Crippen LogP contribution in [-0.2, 0) is 0 Å². The van der Waals surface area contributed by atoms with Gasteiger partial charge < -0.3 is 14.7 Å². The molecule has 1 aromatic rings. The summed E-state index contributed by atoms with van der Waals surface area (Å²) in [5.74, 6) is 0.936. The van der Waals surface area contributed by atoms with Crippen molar-refractivity contribution < 1.29 is 9.84 Å². The van der Waals surface area contributed by atoms with E-state index in [-0.39, 0.29) is 0 Å². The fourth-order valence-corrected chi connectivity index (χ4v) is 2.57. The van der Waals surface area contributed by atoms with E-state index in [1.54, 1.807) is 6.92 Å². The Kier molecular flexibility index (Phi) is 5.23. The van der Waals surface area contributed by atoms with Gasteiger partial charge in [0.2, 0.25) is 0 Å². The van der Waals surface area contributed by atoms with Crippen LogP contribution >= 0.6 is 0 Å². The van der Waals surface area contributed by atoms with Crippen LogP contribution in [0.4, 0.5) is 0 Å². The van der Waals surface area contributed by atoms with Gasteiger partial charge in [0.25, 0.3) is 0 Å². The largest absolute Gasteiger partial charge is 0.493 e. The number of aliphatic hydroxyl groups excluding tert-OH is 1. The molecule has 1 saturated heterocycles. The van der Waals surface area contributed by atoms with Crippen LogP contribution in [-0.4, -0.2) is 36.2 Å². The summed E-state index contributed by atoms with van der Waals surface area (Å²) in [5.41, 5.74) is 2.04. The molecule has 0 unspecified atom stereocenters. The minimum absolute atomic E-state index is 0.414. The standard InChI is InChI=1S/C16H25NO2/c1-13-12-15(14(2)18)6-7-16(13)19-11-5-10-17-8-3-4-9-17/h6-7,12,14,18H,3-5,8-11H2,1-2H3/t14-/m0/s1. The predicted molar refractivity (Wildman–Crippen MR) is 77.6 cm³/mol. The molecule has 0 aliphatic carbocycles. The number of benzene rings is 1. The van der Waals surface area contributed by atoms with E-state index >= 15 is 0 Å². The molecule has 1 atom stereocenters. The number of aliphatic hydroxyl groups is 1. The van der Waals surface area contributed by atoms with E-state index in [9.17, 15) is 5.11 Å². The molecular formula is C16H25NO2. The topological polar surface area (TPSA) is 32.7 Å². The number of nitrogens with zero attached hydrogens (tertiary/aromatic N) is 1. The predicted octanol–water partition coefficient (Wildman–Crippen LogP) is 2.91. The first-order valence-electron chi connectivity index (χ1n) is 7.30.